The predicted octanol–water partition coefficient (Wildman–Crippen LogP) is 3.23. The molecule has 18 heavy (non-hydrogen) atoms. The molecule has 4 nitrogen and oxygen atoms in total. The lowest BCUT2D eigenvalue weighted by Crippen LogP contribution is -2.04. The van der Waals surface area contributed by atoms with Crippen LogP contribution in [0.3, 0.4) is 0 Å². The number of nitro benzene ring substituents is 1. The summed E-state index contributed by atoms with van der Waals surface area (Å²) in [7, 11) is -1.34. The standard InChI is InChI=1S/C12H7NO3S2/c14-13(15)8-4-3-7-11-12(8)17-9-5-1-2-6-10(9)18(11)16/h1-7H. The second kappa shape index (κ2) is 4.22. The van der Waals surface area contributed by atoms with Gasteiger partial charge in [0.25, 0.3) is 5.69 Å². The second-order valence-electron chi connectivity index (χ2n) is 3.68. The monoisotopic (exact) mass is 277 g/mol. The first kappa shape index (κ1) is 11.4. The Kier molecular flexibility index (Phi) is 2.68. The number of fused-ring (bicyclic) bond motifs is 2. The minimum Gasteiger partial charge on any atom is -0.258 e. The Bertz CT molecular complexity index is 685. The summed E-state index contributed by atoms with van der Waals surface area (Å²) in [5.41, 5.74) is 0.0142. The van der Waals surface area contributed by atoms with Crippen molar-refractivity contribution in [3.63, 3.8) is 0 Å². The molecule has 1 heterocycles. The van der Waals surface area contributed by atoms with Gasteiger partial charge in [-0.15, -0.1) is 0 Å². The van der Waals surface area contributed by atoms with Crippen LogP contribution in [0.4, 0.5) is 5.69 Å². The van der Waals surface area contributed by atoms with E-state index < -0.39 is 15.7 Å². The molecule has 1 aliphatic heterocycles. The van der Waals surface area contributed by atoms with Crippen LogP contribution >= 0.6 is 11.8 Å². The molecule has 2 aromatic carbocycles. The Morgan fingerprint density at radius 3 is 2.56 bits per heavy atom. The highest BCUT2D eigenvalue weighted by Crippen LogP contribution is 2.46. The highest BCUT2D eigenvalue weighted by molar-refractivity contribution is 8.01. The Hall–Kier alpha value is -1.66. The normalized spacial score (nSPS) is 16.8. The maximum Gasteiger partial charge on any atom is 0.284 e. The molecule has 0 spiro atoms. The topological polar surface area (TPSA) is 60.2 Å². The fraction of sp³-hybridized carbons (Fsp3) is 0. The zero-order valence-electron chi connectivity index (χ0n) is 9.03. The van der Waals surface area contributed by atoms with Crippen LogP contribution in [0.1, 0.15) is 0 Å². The van der Waals surface area contributed by atoms with Crippen molar-refractivity contribution in [1.82, 2.24) is 0 Å². The fourth-order valence-electron chi connectivity index (χ4n) is 1.81. The smallest absolute Gasteiger partial charge is 0.258 e. The molecule has 6 heteroatoms. The molecule has 0 N–H and O–H groups in total. The molecule has 1 atom stereocenters. The lowest BCUT2D eigenvalue weighted by Gasteiger charge is -2.17. The first-order chi connectivity index (χ1) is 8.68. The van der Waals surface area contributed by atoms with Crippen LogP contribution in [0.25, 0.3) is 0 Å². The van der Waals surface area contributed by atoms with Gasteiger partial charge in [0, 0.05) is 11.0 Å². The Balaban J connectivity index is 2.25. The van der Waals surface area contributed by atoms with Crippen molar-refractivity contribution in [1.29, 1.82) is 0 Å². The SMILES string of the molecule is O=[N+]([O-])c1cccc2c1Sc1ccccc1S2=O. The van der Waals surface area contributed by atoms with Gasteiger partial charge in [-0.1, -0.05) is 30.0 Å². The number of nitro groups is 1. The first-order valence-electron chi connectivity index (χ1n) is 5.14. The largest absolute Gasteiger partial charge is 0.284 e. The van der Waals surface area contributed by atoms with E-state index in [1.807, 2.05) is 18.2 Å². The van der Waals surface area contributed by atoms with E-state index in [1.54, 1.807) is 18.2 Å². The minimum atomic E-state index is -1.34. The molecule has 0 saturated heterocycles. The maximum atomic E-state index is 12.4. The molecule has 2 aromatic rings. The molecular weight excluding hydrogens is 270 g/mol. The predicted molar refractivity (Wildman–Crippen MR) is 68.3 cm³/mol. The number of hydrogen-bond acceptors (Lipinski definition) is 4. The van der Waals surface area contributed by atoms with Crippen molar-refractivity contribution in [2.45, 2.75) is 19.6 Å². The van der Waals surface area contributed by atoms with Gasteiger partial charge in [0.1, 0.15) is 4.90 Å². The number of rotatable bonds is 1. The molecule has 1 unspecified atom stereocenters. The number of nitrogens with zero attached hydrogens (tertiary/aromatic N) is 1. The van der Waals surface area contributed by atoms with E-state index in [1.165, 1.54) is 17.8 Å². The highest BCUT2D eigenvalue weighted by atomic mass is 32.2. The minimum absolute atomic E-state index is 0.0142. The van der Waals surface area contributed by atoms with Crippen molar-refractivity contribution >= 4 is 28.2 Å². The molecule has 0 aromatic heterocycles. The van der Waals surface area contributed by atoms with Crippen LogP contribution in [0.2, 0.25) is 0 Å². The van der Waals surface area contributed by atoms with Gasteiger partial charge in [0.05, 0.1) is 25.5 Å². The third kappa shape index (κ3) is 1.65. The third-order valence-electron chi connectivity index (χ3n) is 2.62. The van der Waals surface area contributed by atoms with Crippen molar-refractivity contribution in [3.8, 4) is 0 Å². The van der Waals surface area contributed by atoms with Gasteiger partial charge in [-0.2, -0.15) is 0 Å². The summed E-state index contributed by atoms with van der Waals surface area (Å²) in [6.07, 6.45) is 0. The summed E-state index contributed by atoms with van der Waals surface area (Å²) in [5.74, 6) is 0. The summed E-state index contributed by atoms with van der Waals surface area (Å²) in [5, 5.41) is 11.0. The highest BCUT2D eigenvalue weighted by Gasteiger charge is 2.28. The number of benzene rings is 2. The van der Waals surface area contributed by atoms with Crippen LogP contribution in [0, 0.1) is 10.1 Å². The zero-order valence-corrected chi connectivity index (χ0v) is 10.7. The Morgan fingerprint density at radius 2 is 1.78 bits per heavy atom. The van der Waals surface area contributed by atoms with Crippen molar-refractivity contribution in [2.24, 2.45) is 0 Å². The van der Waals surface area contributed by atoms with Gasteiger partial charge >= 0.3 is 0 Å². The van der Waals surface area contributed by atoms with Gasteiger partial charge in [0.2, 0.25) is 0 Å². The van der Waals surface area contributed by atoms with Crippen molar-refractivity contribution in [3.05, 3.63) is 52.6 Å². The fourth-order valence-corrected chi connectivity index (χ4v) is 4.63. The van der Waals surface area contributed by atoms with E-state index >= 15 is 0 Å². The quantitative estimate of drug-likeness (QED) is 0.506. The van der Waals surface area contributed by atoms with Crippen LogP contribution < -0.4 is 0 Å². The van der Waals surface area contributed by atoms with Crippen LogP contribution in [0.15, 0.2) is 62.0 Å². The second-order valence-corrected chi connectivity index (χ2v) is 6.15. The first-order valence-corrected chi connectivity index (χ1v) is 7.11. The summed E-state index contributed by atoms with van der Waals surface area (Å²) in [6, 6.07) is 12.0. The number of hydrogen-bond donors (Lipinski definition) is 0. The zero-order chi connectivity index (χ0) is 12.7. The van der Waals surface area contributed by atoms with Crippen molar-refractivity contribution in [2.75, 3.05) is 0 Å². The van der Waals surface area contributed by atoms with Gasteiger partial charge in [-0.05, 0) is 18.2 Å². The summed E-state index contributed by atoms with van der Waals surface area (Å²) in [6.45, 7) is 0. The summed E-state index contributed by atoms with van der Waals surface area (Å²) >= 11 is 1.31. The van der Waals surface area contributed by atoms with Crippen LogP contribution in [0.5, 0.6) is 0 Å². The lowest BCUT2D eigenvalue weighted by molar-refractivity contribution is -0.388. The van der Waals surface area contributed by atoms with Gasteiger partial charge in [0.15, 0.2) is 0 Å². The van der Waals surface area contributed by atoms with E-state index in [9.17, 15) is 14.3 Å². The van der Waals surface area contributed by atoms with Gasteiger partial charge < -0.3 is 0 Å². The Labute approximate surface area is 110 Å². The van der Waals surface area contributed by atoms with E-state index in [2.05, 4.69) is 0 Å². The maximum absolute atomic E-state index is 12.4. The molecule has 3 rings (SSSR count). The van der Waals surface area contributed by atoms with E-state index in [0.29, 0.717) is 9.79 Å². The lowest BCUT2D eigenvalue weighted by atomic mass is 10.3. The third-order valence-corrected chi connectivity index (χ3v) is 5.58. The average Bonchev–Trinajstić information content (AvgIpc) is 2.38. The molecule has 0 amide bonds. The molecule has 0 radical (unpaired) electrons. The van der Waals surface area contributed by atoms with Crippen molar-refractivity contribution < 1.29 is 9.13 Å². The summed E-state index contributed by atoms with van der Waals surface area (Å²) in [4.78, 5) is 13.1. The molecular formula is C12H7NO3S2. The van der Waals surface area contributed by atoms with E-state index in [4.69, 9.17) is 0 Å². The van der Waals surface area contributed by atoms with E-state index in [0.717, 1.165) is 9.79 Å². The molecule has 1 aliphatic rings. The molecule has 90 valence electrons. The average molecular weight is 277 g/mol. The van der Waals surface area contributed by atoms with Gasteiger partial charge in [-0.3, -0.25) is 10.1 Å². The molecule has 0 fully saturated rings. The van der Waals surface area contributed by atoms with Crippen LogP contribution in [-0.2, 0) is 10.8 Å². The van der Waals surface area contributed by atoms with E-state index in [-0.39, 0.29) is 5.69 Å². The Morgan fingerprint density at radius 1 is 1.06 bits per heavy atom. The van der Waals surface area contributed by atoms with Gasteiger partial charge in [-0.25, -0.2) is 4.21 Å². The summed E-state index contributed by atoms with van der Waals surface area (Å²) < 4.78 is 12.4. The molecule has 0 saturated carbocycles. The molecule has 0 bridgehead atoms. The molecule has 0 aliphatic carbocycles. The van der Waals surface area contributed by atoms with Crippen LogP contribution in [-0.4, -0.2) is 9.13 Å².